The summed E-state index contributed by atoms with van der Waals surface area (Å²) in [5.74, 6) is -0.263. The van der Waals surface area contributed by atoms with E-state index < -0.39 is 24.1 Å². The number of ether oxygens (including phenoxy) is 2. The normalized spacial score (nSPS) is 21.6. The van der Waals surface area contributed by atoms with E-state index in [-0.39, 0.29) is 18.5 Å². The number of carbonyl (C=O) groups excluding carboxylic acids is 3. The molecule has 160 valence electrons. The van der Waals surface area contributed by atoms with Crippen molar-refractivity contribution >= 4 is 29.6 Å². The van der Waals surface area contributed by atoms with E-state index in [9.17, 15) is 18.8 Å². The lowest BCUT2D eigenvalue weighted by Crippen LogP contribution is -2.40. The highest BCUT2D eigenvalue weighted by Gasteiger charge is 2.47. The van der Waals surface area contributed by atoms with Crippen molar-refractivity contribution in [2.75, 3.05) is 29.5 Å². The molecule has 9 nitrogen and oxygen atoms in total. The topological polar surface area (TPSA) is 101 Å². The molecule has 2 fully saturated rings. The molecule has 0 saturated carbocycles. The second-order valence-corrected chi connectivity index (χ2v) is 7.63. The second-order valence-electron chi connectivity index (χ2n) is 7.63. The first-order valence-electron chi connectivity index (χ1n) is 9.90. The maximum Gasteiger partial charge on any atom is 0.415 e. The molecule has 2 aromatic rings. The van der Waals surface area contributed by atoms with Crippen LogP contribution in [0.3, 0.4) is 0 Å². The van der Waals surface area contributed by atoms with Gasteiger partial charge in [-0.05, 0) is 36.2 Å². The molecular weight excluding hydrogens is 407 g/mol. The number of amides is 3. The van der Waals surface area contributed by atoms with Gasteiger partial charge in [-0.1, -0.05) is 0 Å². The third-order valence-electron chi connectivity index (χ3n) is 5.72. The Morgan fingerprint density at radius 3 is 2.81 bits per heavy atom. The van der Waals surface area contributed by atoms with Gasteiger partial charge in [0.25, 0.3) is 0 Å². The summed E-state index contributed by atoms with van der Waals surface area (Å²) in [6.07, 6.45) is 0.496. The van der Waals surface area contributed by atoms with Crippen LogP contribution in [0, 0.1) is 5.82 Å². The number of nitrogens with one attached hydrogen (secondary N) is 1. The van der Waals surface area contributed by atoms with Gasteiger partial charge < -0.3 is 14.8 Å². The molecule has 3 aliphatic heterocycles. The number of carbonyl (C=O) groups is 3. The molecule has 1 aromatic heterocycles. The summed E-state index contributed by atoms with van der Waals surface area (Å²) in [6.45, 7) is 2.33. The summed E-state index contributed by atoms with van der Waals surface area (Å²) in [6, 6.07) is 6.09. The Kier molecular flexibility index (Phi) is 4.49. The van der Waals surface area contributed by atoms with Crippen LogP contribution in [-0.2, 0) is 20.7 Å². The van der Waals surface area contributed by atoms with E-state index in [1.807, 2.05) is 0 Å². The molecule has 10 heteroatoms. The molecular formula is C21H19FN4O5. The molecule has 5 rings (SSSR count). The Balaban J connectivity index is 1.41. The monoisotopic (exact) mass is 426 g/mol. The standard InChI is InChI=1S/C21H19FN4O5/c1-11(27)23-10-18-17-7-13-6-14(15(22)8-16(13)26(17)21(29)31-18)12-2-3-19(24-9-12)25-4-5-30-20(25)28/h2-3,6,8-9,17-18H,4-5,7,10H2,1H3,(H,23,27)/t17-,18?/m0/s1. The Bertz CT molecular complexity index is 1090. The van der Waals surface area contributed by atoms with E-state index in [0.29, 0.717) is 42.2 Å². The molecule has 4 heterocycles. The maximum atomic E-state index is 15.0. The smallest absolute Gasteiger partial charge is 0.415 e. The van der Waals surface area contributed by atoms with Crippen LogP contribution >= 0.6 is 0 Å². The van der Waals surface area contributed by atoms with Gasteiger partial charge in [0.1, 0.15) is 24.3 Å². The van der Waals surface area contributed by atoms with Gasteiger partial charge in [-0.2, -0.15) is 0 Å². The lowest BCUT2D eigenvalue weighted by atomic mass is 10.00. The zero-order valence-electron chi connectivity index (χ0n) is 16.6. The summed E-state index contributed by atoms with van der Waals surface area (Å²) in [4.78, 5) is 42.4. The van der Waals surface area contributed by atoms with Gasteiger partial charge in [0, 0.05) is 24.2 Å². The van der Waals surface area contributed by atoms with Crippen molar-refractivity contribution in [3.8, 4) is 11.1 Å². The van der Waals surface area contributed by atoms with E-state index in [0.717, 1.165) is 5.56 Å². The Morgan fingerprint density at radius 2 is 2.13 bits per heavy atom. The van der Waals surface area contributed by atoms with E-state index >= 15 is 0 Å². The number of halogens is 1. The SMILES string of the molecule is CC(=O)NCC1OC(=O)N2c3cc(F)c(-c4ccc(N5CCOC5=O)nc4)cc3C[C@@H]12. The Labute approximate surface area is 176 Å². The van der Waals surface area contributed by atoms with Crippen molar-refractivity contribution in [1.82, 2.24) is 10.3 Å². The molecule has 1 aromatic carbocycles. The number of fused-ring (bicyclic) bond motifs is 3. The fraction of sp³-hybridized carbons (Fsp3) is 0.333. The molecule has 0 spiro atoms. The molecule has 0 bridgehead atoms. The summed E-state index contributed by atoms with van der Waals surface area (Å²) in [5, 5.41) is 2.67. The van der Waals surface area contributed by atoms with Crippen molar-refractivity contribution in [3.63, 3.8) is 0 Å². The lowest BCUT2D eigenvalue weighted by Gasteiger charge is -2.16. The first-order valence-corrected chi connectivity index (χ1v) is 9.90. The third-order valence-corrected chi connectivity index (χ3v) is 5.72. The minimum atomic E-state index is -0.547. The summed E-state index contributed by atoms with van der Waals surface area (Å²) < 4.78 is 25.2. The maximum absolute atomic E-state index is 15.0. The molecule has 1 unspecified atom stereocenters. The first kappa shape index (κ1) is 19.3. The van der Waals surface area contributed by atoms with E-state index in [4.69, 9.17) is 9.47 Å². The fourth-order valence-corrected chi connectivity index (χ4v) is 4.24. The minimum absolute atomic E-state index is 0.204. The van der Waals surface area contributed by atoms with Gasteiger partial charge in [-0.25, -0.2) is 19.0 Å². The predicted molar refractivity (Wildman–Crippen MR) is 107 cm³/mol. The van der Waals surface area contributed by atoms with Crippen LogP contribution < -0.4 is 15.1 Å². The molecule has 0 aliphatic carbocycles. The van der Waals surface area contributed by atoms with Gasteiger partial charge in [0.2, 0.25) is 5.91 Å². The second kappa shape index (κ2) is 7.22. The quantitative estimate of drug-likeness (QED) is 0.805. The zero-order valence-corrected chi connectivity index (χ0v) is 16.6. The highest BCUT2D eigenvalue weighted by molar-refractivity contribution is 5.94. The van der Waals surface area contributed by atoms with Gasteiger partial charge in [-0.15, -0.1) is 0 Å². The number of nitrogens with zero attached hydrogens (tertiary/aromatic N) is 3. The summed E-state index contributed by atoms with van der Waals surface area (Å²) >= 11 is 0. The van der Waals surface area contributed by atoms with Crippen molar-refractivity contribution in [2.45, 2.75) is 25.5 Å². The van der Waals surface area contributed by atoms with Crippen LogP contribution in [0.25, 0.3) is 11.1 Å². The van der Waals surface area contributed by atoms with Gasteiger partial charge in [0.05, 0.1) is 24.8 Å². The Hall–Kier alpha value is -3.69. The average molecular weight is 426 g/mol. The van der Waals surface area contributed by atoms with Crippen LogP contribution in [0.4, 0.5) is 25.5 Å². The lowest BCUT2D eigenvalue weighted by molar-refractivity contribution is -0.119. The third kappa shape index (κ3) is 3.24. The van der Waals surface area contributed by atoms with Crippen molar-refractivity contribution in [3.05, 3.63) is 41.8 Å². The zero-order chi connectivity index (χ0) is 21.7. The van der Waals surface area contributed by atoms with E-state index in [2.05, 4.69) is 10.3 Å². The first-order chi connectivity index (χ1) is 14.9. The number of pyridine rings is 1. The molecule has 0 radical (unpaired) electrons. The molecule has 3 amide bonds. The van der Waals surface area contributed by atoms with Crippen LogP contribution in [0.5, 0.6) is 0 Å². The molecule has 1 N–H and O–H groups in total. The predicted octanol–water partition coefficient (Wildman–Crippen LogP) is 2.23. The minimum Gasteiger partial charge on any atom is -0.447 e. The van der Waals surface area contributed by atoms with Crippen LogP contribution in [0.2, 0.25) is 0 Å². The fourth-order valence-electron chi connectivity index (χ4n) is 4.24. The summed E-state index contributed by atoms with van der Waals surface area (Å²) in [5.41, 5.74) is 2.21. The van der Waals surface area contributed by atoms with Crippen LogP contribution in [0.15, 0.2) is 30.5 Å². The molecule has 3 aliphatic rings. The molecule has 2 atom stereocenters. The van der Waals surface area contributed by atoms with E-state index in [1.54, 1.807) is 18.2 Å². The highest BCUT2D eigenvalue weighted by atomic mass is 19.1. The molecule has 2 saturated heterocycles. The summed E-state index contributed by atoms with van der Waals surface area (Å²) in [7, 11) is 0. The number of hydrogen-bond donors (Lipinski definition) is 1. The average Bonchev–Trinajstić information content (AvgIpc) is 3.41. The van der Waals surface area contributed by atoms with Crippen molar-refractivity contribution in [1.29, 1.82) is 0 Å². The number of aromatic nitrogens is 1. The molecule has 31 heavy (non-hydrogen) atoms. The van der Waals surface area contributed by atoms with Gasteiger partial charge >= 0.3 is 12.2 Å². The van der Waals surface area contributed by atoms with Gasteiger partial charge in [0.15, 0.2) is 0 Å². The number of hydrogen-bond acceptors (Lipinski definition) is 6. The number of rotatable bonds is 4. The van der Waals surface area contributed by atoms with Crippen LogP contribution in [-0.4, -0.2) is 54.9 Å². The van der Waals surface area contributed by atoms with Crippen molar-refractivity contribution < 1.29 is 28.2 Å². The van der Waals surface area contributed by atoms with Gasteiger partial charge in [-0.3, -0.25) is 14.6 Å². The highest BCUT2D eigenvalue weighted by Crippen LogP contribution is 2.41. The number of cyclic esters (lactones) is 2. The number of benzene rings is 1. The van der Waals surface area contributed by atoms with Crippen molar-refractivity contribution in [2.24, 2.45) is 0 Å². The van der Waals surface area contributed by atoms with E-state index in [1.165, 1.54) is 29.0 Å². The largest absolute Gasteiger partial charge is 0.447 e. The number of anilines is 2. The Morgan fingerprint density at radius 1 is 1.29 bits per heavy atom. The van der Waals surface area contributed by atoms with Crippen LogP contribution in [0.1, 0.15) is 12.5 Å².